The summed E-state index contributed by atoms with van der Waals surface area (Å²) < 4.78 is 32.8. The lowest BCUT2D eigenvalue weighted by Crippen LogP contribution is -2.52. The van der Waals surface area contributed by atoms with Gasteiger partial charge in [0.25, 0.3) is 5.91 Å². The van der Waals surface area contributed by atoms with Gasteiger partial charge in [0.15, 0.2) is 6.10 Å². The molecule has 1 amide bonds. The number of aromatic nitrogens is 4. The quantitative estimate of drug-likeness (QED) is 0.527. The SMILES string of the molecule is CC(OC(=O)CNS(=O)(=O)c1cnn(C)c1)C(=O)N1CCN(c2ncccn2)CC1. The maximum Gasteiger partial charge on any atom is 0.321 e. The minimum atomic E-state index is -3.89. The van der Waals surface area contributed by atoms with Crippen LogP contribution in [0.5, 0.6) is 0 Å². The van der Waals surface area contributed by atoms with Crippen LogP contribution in [0, 0.1) is 0 Å². The van der Waals surface area contributed by atoms with E-state index in [1.165, 1.54) is 24.0 Å². The van der Waals surface area contributed by atoms with Gasteiger partial charge >= 0.3 is 5.97 Å². The first kappa shape index (κ1) is 21.6. The second kappa shape index (κ2) is 9.17. The van der Waals surface area contributed by atoms with Gasteiger partial charge in [0, 0.05) is 51.8 Å². The van der Waals surface area contributed by atoms with Crippen LogP contribution < -0.4 is 9.62 Å². The Morgan fingerprint density at radius 3 is 2.47 bits per heavy atom. The van der Waals surface area contributed by atoms with Gasteiger partial charge in [-0.3, -0.25) is 14.3 Å². The Labute approximate surface area is 173 Å². The molecular formula is C17H23N7O5S. The van der Waals surface area contributed by atoms with Gasteiger partial charge in [0.05, 0.1) is 6.20 Å². The van der Waals surface area contributed by atoms with Crippen LogP contribution in [0.1, 0.15) is 6.92 Å². The van der Waals surface area contributed by atoms with Gasteiger partial charge in [-0.2, -0.15) is 9.82 Å². The third-order valence-corrected chi connectivity index (χ3v) is 5.84. The smallest absolute Gasteiger partial charge is 0.321 e. The van der Waals surface area contributed by atoms with Crippen LogP contribution in [0.25, 0.3) is 0 Å². The van der Waals surface area contributed by atoms with E-state index in [1.54, 1.807) is 30.4 Å². The zero-order valence-electron chi connectivity index (χ0n) is 16.6. The van der Waals surface area contributed by atoms with Gasteiger partial charge in [0.2, 0.25) is 16.0 Å². The Morgan fingerprint density at radius 2 is 1.87 bits per heavy atom. The fraction of sp³-hybridized carbons (Fsp3) is 0.471. The number of piperazine rings is 1. The van der Waals surface area contributed by atoms with E-state index in [-0.39, 0.29) is 10.8 Å². The fourth-order valence-corrected chi connectivity index (χ4v) is 3.85. The van der Waals surface area contributed by atoms with Crippen LogP contribution in [0.3, 0.4) is 0 Å². The van der Waals surface area contributed by atoms with Crippen LogP contribution in [-0.4, -0.2) is 83.8 Å². The summed E-state index contributed by atoms with van der Waals surface area (Å²) in [6.07, 6.45) is 4.76. The third-order valence-electron chi connectivity index (χ3n) is 4.48. The van der Waals surface area contributed by atoms with Gasteiger partial charge in [-0.1, -0.05) is 0 Å². The summed E-state index contributed by atoms with van der Waals surface area (Å²) in [4.78, 5) is 36.4. The first-order valence-corrected chi connectivity index (χ1v) is 10.7. The second-order valence-corrected chi connectivity index (χ2v) is 8.43. The van der Waals surface area contributed by atoms with Crippen molar-refractivity contribution in [2.75, 3.05) is 37.6 Å². The average molecular weight is 437 g/mol. The van der Waals surface area contributed by atoms with Crippen molar-refractivity contribution in [2.45, 2.75) is 17.9 Å². The molecule has 0 spiro atoms. The Hall–Kier alpha value is -3.06. The molecule has 1 N–H and O–H groups in total. The molecular weight excluding hydrogens is 414 g/mol. The molecule has 0 bridgehead atoms. The first-order valence-electron chi connectivity index (χ1n) is 9.25. The molecule has 13 heteroatoms. The van der Waals surface area contributed by atoms with Crippen molar-refractivity contribution >= 4 is 27.8 Å². The van der Waals surface area contributed by atoms with E-state index >= 15 is 0 Å². The highest BCUT2D eigenvalue weighted by Crippen LogP contribution is 2.11. The highest BCUT2D eigenvalue weighted by molar-refractivity contribution is 7.89. The summed E-state index contributed by atoms with van der Waals surface area (Å²) in [5.41, 5.74) is 0. The Kier molecular flexibility index (Phi) is 6.62. The van der Waals surface area contributed by atoms with Crippen LogP contribution in [-0.2, 0) is 31.4 Å². The molecule has 12 nitrogen and oxygen atoms in total. The molecule has 0 aromatic carbocycles. The van der Waals surface area contributed by atoms with Crippen molar-refractivity contribution in [3.05, 3.63) is 30.9 Å². The van der Waals surface area contributed by atoms with Crippen molar-refractivity contribution in [2.24, 2.45) is 7.05 Å². The summed E-state index contributed by atoms with van der Waals surface area (Å²) >= 11 is 0. The summed E-state index contributed by atoms with van der Waals surface area (Å²) in [7, 11) is -2.31. The number of amides is 1. The number of anilines is 1. The summed E-state index contributed by atoms with van der Waals surface area (Å²) in [5, 5.41) is 3.78. The van der Waals surface area contributed by atoms with Crippen molar-refractivity contribution in [3.8, 4) is 0 Å². The number of esters is 1. The number of hydrogen-bond acceptors (Lipinski definition) is 9. The number of sulfonamides is 1. The molecule has 162 valence electrons. The molecule has 1 unspecified atom stereocenters. The number of carbonyl (C=O) groups is 2. The highest BCUT2D eigenvalue weighted by Gasteiger charge is 2.28. The molecule has 3 rings (SSSR count). The maximum atomic E-state index is 12.6. The standard InChI is InChI=1S/C17H23N7O5S/c1-13(29-15(25)11-21-30(27,28)14-10-20-22(2)12-14)16(26)23-6-8-24(9-7-23)17-18-4-3-5-19-17/h3-5,10,12-13,21H,6-9,11H2,1-2H3. The lowest BCUT2D eigenvalue weighted by Gasteiger charge is -2.35. The molecule has 1 fully saturated rings. The van der Waals surface area contributed by atoms with E-state index in [0.717, 1.165) is 0 Å². The second-order valence-electron chi connectivity index (χ2n) is 6.67. The predicted molar refractivity (Wildman–Crippen MR) is 105 cm³/mol. The van der Waals surface area contributed by atoms with E-state index in [4.69, 9.17) is 4.74 Å². The molecule has 1 saturated heterocycles. The van der Waals surface area contributed by atoms with E-state index in [2.05, 4.69) is 19.8 Å². The molecule has 3 heterocycles. The first-order chi connectivity index (χ1) is 14.3. The molecule has 0 saturated carbocycles. The van der Waals surface area contributed by atoms with E-state index < -0.39 is 28.6 Å². The number of nitrogens with one attached hydrogen (secondary N) is 1. The minimum absolute atomic E-state index is 0.0674. The van der Waals surface area contributed by atoms with Crippen molar-refractivity contribution in [1.82, 2.24) is 29.4 Å². The highest BCUT2D eigenvalue weighted by atomic mass is 32.2. The summed E-state index contributed by atoms with van der Waals surface area (Å²) in [6.45, 7) is 2.86. The predicted octanol–water partition coefficient (Wildman–Crippen LogP) is -1.23. The summed E-state index contributed by atoms with van der Waals surface area (Å²) in [5.74, 6) is -0.586. The number of rotatable bonds is 7. The lowest BCUT2D eigenvalue weighted by molar-refractivity contribution is -0.158. The zero-order chi connectivity index (χ0) is 21.7. The summed E-state index contributed by atoms with van der Waals surface area (Å²) in [6, 6.07) is 1.73. The van der Waals surface area contributed by atoms with Crippen LogP contribution in [0.15, 0.2) is 35.7 Å². The molecule has 2 aromatic rings. The Bertz CT molecular complexity index is 987. The molecule has 0 aliphatic carbocycles. The van der Waals surface area contributed by atoms with Crippen molar-refractivity contribution in [3.63, 3.8) is 0 Å². The fourth-order valence-electron chi connectivity index (χ4n) is 2.90. The van der Waals surface area contributed by atoms with E-state index in [1.807, 2.05) is 4.90 Å². The topological polar surface area (TPSA) is 140 Å². The minimum Gasteiger partial charge on any atom is -0.452 e. The van der Waals surface area contributed by atoms with E-state index in [0.29, 0.717) is 32.1 Å². The zero-order valence-corrected chi connectivity index (χ0v) is 17.4. The normalized spacial score (nSPS) is 15.7. The Balaban J connectivity index is 1.45. The Morgan fingerprint density at radius 1 is 1.20 bits per heavy atom. The van der Waals surface area contributed by atoms with Crippen LogP contribution in [0.4, 0.5) is 5.95 Å². The largest absolute Gasteiger partial charge is 0.452 e. The van der Waals surface area contributed by atoms with Gasteiger partial charge in [-0.05, 0) is 13.0 Å². The molecule has 1 aliphatic rings. The van der Waals surface area contributed by atoms with Crippen molar-refractivity contribution in [1.29, 1.82) is 0 Å². The van der Waals surface area contributed by atoms with Gasteiger partial charge in [0.1, 0.15) is 11.4 Å². The number of aryl methyl sites for hydroxylation is 1. The van der Waals surface area contributed by atoms with E-state index in [9.17, 15) is 18.0 Å². The molecule has 30 heavy (non-hydrogen) atoms. The monoisotopic (exact) mass is 437 g/mol. The van der Waals surface area contributed by atoms with Crippen LogP contribution in [0.2, 0.25) is 0 Å². The maximum absolute atomic E-state index is 12.6. The molecule has 1 atom stereocenters. The molecule has 0 radical (unpaired) electrons. The number of nitrogens with zero attached hydrogens (tertiary/aromatic N) is 6. The van der Waals surface area contributed by atoms with Crippen LogP contribution >= 0.6 is 0 Å². The molecule has 1 aliphatic heterocycles. The third kappa shape index (κ3) is 5.30. The van der Waals surface area contributed by atoms with Gasteiger partial charge in [-0.25, -0.2) is 18.4 Å². The lowest BCUT2D eigenvalue weighted by atomic mass is 10.2. The average Bonchev–Trinajstić information content (AvgIpc) is 3.20. The molecule has 2 aromatic heterocycles. The van der Waals surface area contributed by atoms with Gasteiger partial charge < -0.3 is 14.5 Å². The number of hydrogen-bond donors (Lipinski definition) is 1. The number of carbonyl (C=O) groups excluding carboxylic acids is 2. The van der Waals surface area contributed by atoms with Gasteiger partial charge in [-0.15, -0.1) is 0 Å². The van der Waals surface area contributed by atoms with Crippen molar-refractivity contribution < 1.29 is 22.7 Å². The number of ether oxygens (including phenoxy) is 1.